The number of ether oxygens (including phenoxy) is 1. The summed E-state index contributed by atoms with van der Waals surface area (Å²) in [6.07, 6.45) is 0. The molecule has 0 saturated carbocycles. The zero-order chi connectivity index (χ0) is 13.1. The third-order valence-corrected chi connectivity index (χ3v) is 2.58. The van der Waals surface area contributed by atoms with E-state index < -0.39 is 4.92 Å². The number of nitrogens with zero attached hydrogens (tertiary/aromatic N) is 1. The van der Waals surface area contributed by atoms with Crippen molar-refractivity contribution in [3.8, 4) is 5.75 Å². The quantitative estimate of drug-likeness (QED) is 0.625. The number of rotatable bonds is 4. The second kappa shape index (κ2) is 5.10. The van der Waals surface area contributed by atoms with Gasteiger partial charge in [-0.3, -0.25) is 10.1 Å². The predicted octanol–water partition coefficient (Wildman–Crippen LogP) is 3.73. The van der Waals surface area contributed by atoms with E-state index in [1.54, 1.807) is 12.1 Å². The molecule has 94 valence electrons. The monoisotopic (exact) mass is 267 g/mol. The van der Waals surface area contributed by atoms with Crippen molar-refractivity contribution >= 4 is 17.5 Å². The van der Waals surface area contributed by atoms with Crippen molar-refractivity contribution in [1.82, 2.24) is 0 Å². The van der Waals surface area contributed by atoms with Crippen molar-refractivity contribution in [2.75, 3.05) is 0 Å². The molecule has 18 heavy (non-hydrogen) atoms. The summed E-state index contributed by atoms with van der Waals surface area (Å²) in [7, 11) is 0. The molecule has 0 bridgehead atoms. The number of hydrogen-bond acceptors (Lipinski definition) is 4. The van der Waals surface area contributed by atoms with Gasteiger partial charge >= 0.3 is 5.88 Å². The SMILES string of the molecule is Cc1ccc(Cl)cc1OCc1ccc([N+](=O)[O-])o1. The van der Waals surface area contributed by atoms with Crippen molar-refractivity contribution in [2.24, 2.45) is 0 Å². The molecule has 0 aliphatic heterocycles. The van der Waals surface area contributed by atoms with Crippen LogP contribution in [0.25, 0.3) is 0 Å². The molecule has 0 aliphatic carbocycles. The molecule has 0 amide bonds. The first-order valence-corrected chi connectivity index (χ1v) is 5.56. The second-order valence-corrected chi connectivity index (χ2v) is 4.13. The molecule has 5 nitrogen and oxygen atoms in total. The Balaban J connectivity index is 2.06. The van der Waals surface area contributed by atoms with Crippen LogP contribution in [-0.2, 0) is 6.61 Å². The van der Waals surface area contributed by atoms with Crippen molar-refractivity contribution in [2.45, 2.75) is 13.5 Å². The number of halogens is 1. The van der Waals surface area contributed by atoms with Gasteiger partial charge in [0.05, 0.1) is 6.07 Å². The van der Waals surface area contributed by atoms with Gasteiger partial charge in [-0.2, -0.15) is 0 Å². The summed E-state index contributed by atoms with van der Waals surface area (Å²) in [5, 5.41) is 11.0. The molecular formula is C12H10ClNO4. The molecule has 0 aliphatic rings. The minimum absolute atomic E-state index is 0.120. The lowest BCUT2D eigenvalue weighted by molar-refractivity contribution is -0.402. The maximum Gasteiger partial charge on any atom is 0.433 e. The van der Waals surface area contributed by atoms with Crippen molar-refractivity contribution in [3.63, 3.8) is 0 Å². The van der Waals surface area contributed by atoms with Crippen LogP contribution >= 0.6 is 11.6 Å². The van der Waals surface area contributed by atoms with Gasteiger partial charge < -0.3 is 9.15 Å². The predicted molar refractivity (Wildman–Crippen MR) is 65.9 cm³/mol. The lowest BCUT2D eigenvalue weighted by atomic mass is 10.2. The topological polar surface area (TPSA) is 65.5 Å². The smallest absolute Gasteiger partial charge is 0.433 e. The van der Waals surface area contributed by atoms with E-state index in [-0.39, 0.29) is 12.5 Å². The summed E-state index contributed by atoms with van der Waals surface area (Å²) in [5.74, 6) is 0.721. The summed E-state index contributed by atoms with van der Waals surface area (Å²) in [6, 6.07) is 8.10. The van der Waals surface area contributed by atoms with Gasteiger partial charge in [-0.25, -0.2) is 0 Å². The fourth-order valence-corrected chi connectivity index (χ4v) is 1.58. The Labute approximate surface area is 108 Å². The standard InChI is InChI=1S/C12H10ClNO4/c1-8-2-3-9(13)6-11(8)17-7-10-4-5-12(18-10)14(15)16/h2-6H,7H2,1H3. The van der Waals surface area contributed by atoms with E-state index >= 15 is 0 Å². The highest BCUT2D eigenvalue weighted by atomic mass is 35.5. The molecule has 0 fully saturated rings. The third kappa shape index (κ3) is 2.81. The van der Waals surface area contributed by atoms with E-state index in [0.29, 0.717) is 16.5 Å². The lowest BCUT2D eigenvalue weighted by Gasteiger charge is -2.07. The van der Waals surface area contributed by atoms with Crippen LogP contribution in [0.4, 0.5) is 5.88 Å². The van der Waals surface area contributed by atoms with Crippen LogP contribution in [0.5, 0.6) is 5.75 Å². The highest BCUT2D eigenvalue weighted by molar-refractivity contribution is 6.30. The van der Waals surface area contributed by atoms with Crippen molar-refractivity contribution in [1.29, 1.82) is 0 Å². The third-order valence-electron chi connectivity index (χ3n) is 2.35. The number of aryl methyl sites for hydroxylation is 1. The number of nitro groups is 1. The first-order chi connectivity index (χ1) is 8.56. The number of benzene rings is 1. The maximum absolute atomic E-state index is 10.4. The molecule has 0 saturated heterocycles. The van der Waals surface area contributed by atoms with Crippen molar-refractivity contribution in [3.05, 3.63) is 56.8 Å². The molecular weight excluding hydrogens is 258 g/mol. The van der Waals surface area contributed by atoms with Gasteiger partial charge in [0, 0.05) is 5.02 Å². The highest BCUT2D eigenvalue weighted by Crippen LogP contribution is 2.24. The summed E-state index contributed by atoms with van der Waals surface area (Å²) >= 11 is 5.85. The molecule has 1 aromatic carbocycles. The number of hydrogen-bond donors (Lipinski definition) is 0. The lowest BCUT2D eigenvalue weighted by Crippen LogP contribution is -1.95. The molecule has 0 radical (unpaired) electrons. The molecule has 2 aromatic rings. The Kier molecular flexibility index (Phi) is 3.53. The van der Waals surface area contributed by atoms with E-state index in [0.717, 1.165) is 5.56 Å². The molecule has 0 spiro atoms. The zero-order valence-corrected chi connectivity index (χ0v) is 10.3. The van der Waals surface area contributed by atoms with Crippen LogP contribution < -0.4 is 4.74 Å². The summed E-state index contributed by atoms with van der Waals surface area (Å²) in [4.78, 5) is 9.85. The van der Waals surface area contributed by atoms with Crippen LogP contribution in [0.1, 0.15) is 11.3 Å². The van der Waals surface area contributed by atoms with E-state index in [1.165, 1.54) is 12.1 Å². The zero-order valence-electron chi connectivity index (χ0n) is 9.55. The maximum atomic E-state index is 10.4. The van der Waals surface area contributed by atoms with Gasteiger partial charge in [0.1, 0.15) is 23.0 Å². The Morgan fingerprint density at radius 3 is 2.83 bits per heavy atom. The Morgan fingerprint density at radius 1 is 1.39 bits per heavy atom. The molecule has 0 N–H and O–H groups in total. The summed E-state index contributed by atoms with van der Waals surface area (Å²) < 4.78 is 10.5. The fraction of sp³-hybridized carbons (Fsp3) is 0.167. The van der Waals surface area contributed by atoms with Gasteiger partial charge in [0.2, 0.25) is 0 Å². The first-order valence-electron chi connectivity index (χ1n) is 5.18. The average molecular weight is 268 g/mol. The largest absolute Gasteiger partial charge is 0.485 e. The highest BCUT2D eigenvalue weighted by Gasteiger charge is 2.12. The van der Waals surface area contributed by atoms with Crippen LogP contribution in [0.3, 0.4) is 0 Å². The fourth-order valence-electron chi connectivity index (χ4n) is 1.42. The number of furan rings is 1. The van der Waals surface area contributed by atoms with Gasteiger partial charge in [-0.1, -0.05) is 17.7 Å². The van der Waals surface area contributed by atoms with Crippen molar-refractivity contribution < 1.29 is 14.1 Å². The summed E-state index contributed by atoms with van der Waals surface area (Å²) in [5.41, 5.74) is 0.931. The first kappa shape index (κ1) is 12.4. The van der Waals surface area contributed by atoms with Gasteiger partial charge in [-0.15, -0.1) is 0 Å². The van der Waals surface area contributed by atoms with Crippen LogP contribution in [0.2, 0.25) is 5.02 Å². The van der Waals surface area contributed by atoms with E-state index in [9.17, 15) is 10.1 Å². The molecule has 0 atom stereocenters. The minimum atomic E-state index is -0.589. The van der Waals surface area contributed by atoms with Crippen LogP contribution in [-0.4, -0.2) is 4.92 Å². The van der Waals surface area contributed by atoms with E-state index in [2.05, 4.69) is 0 Å². The average Bonchev–Trinajstić information content (AvgIpc) is 2.79. The van der Waals surface area contributed by atoms with Gasteiger partial charge in [0.25, 0.3) is 0 Å². The second-order valence-electron chi connectivity index (χ2n) is 3.70. The van der Waals surface area contributed by atoms with E-state index in [4.69, 9.17) is 20.8 Å². The molecule has 2 rings (SSSR count). The van der Waals surface area contributed by atoms with E-state index in [1.807, 2.05) is 13.0 Å². The molecule has 1 aromatic heterocycles. The van der Waals surface area contributed by atoms with Crippen LogP contribution in [0.15, 0.2) is 34.7 Å². The molecule has 6 heteroatoms. The Bertz CT molecular complexity index is 579. The van der Waals surface area contributed by atoms with Gasteiger partial charge in [-0.05, 0) is 30.7 Å². The summed E-state index contributed by atoms with van der Waals surface area (Å²) in [6.45, 7) is 2.01. The normalized spacial score (nSPS) is 10.3. The molecule has 1 heterocycles. The minimum Gasteiger partial charge on any atom is -0.485 e. The van der Waals surface area contributed by atoms with Crippen LogP contribution in [0, 0.1) is 17.0 Å². The molecule has 0 unspecified atom stereocenters. The Hall–Kier alpha value is -2.01. The van der Waals surface area contributed by atoms with Gasteiger partial charge in [0.15, 0.2) is 0 Å². The Morgan fingerprint density at radius 2 is 2.17 bits per heavy atom.